The van der Waals surface area contributed by atoms with Crippen molar-refractivity contribution in [1.82, 2.24) is 14.8 Å². The summed E-state index contributed by atoms with van der Waals surface area (Å²) in [5.41, 5.74) is 0.628. The van der Waals surface area contributed by atoms with Gasteiger partial charge in [0.15, 0.2) is 0 Å². The molecule has 3 amide bonds. The van der Waals surface area contributed by atoms with Crippen LogP contribution in [-0.4, -0.2) is 64.4 Å². The van der Waals surface area contributed by atoms with Gasteiger partial charge in [-0.05, 0) is 49.9 Å². The standard InChI is InChI=1S/C24H28N4O3S/c29-22(27-13-5-6-14-27)17-32-20-8-2-1-7-19(20)24(31)28-15-10-18(11-16-28)23(30)26-21-9-3-4-12-25-21/h1-4,7-9,12,18H,5-6,10-11,13-17H2,(H,25,26,30). The molecule has 1 N–H and O–H groups in total. The lowest BCUT2D eigenvalue weighted by Crippen LogP contribution is -2.41. The maximum atomic E-state index is 13.2. The molecule has 1 aromatic heterocycles. The lowest BCUT2D eigenvalue weighted by atomic mass is 9.95. The third-order valence-corrected chi connectivity index (χ3v) is 7.05. The molecule has 0 bridgehead atoms. The summed E-state index contributed by atoms with van der Waals surface area (Å²) in [7, 11) is 0. The van der Waals surface area contributed by atoms with Gasteiger partial charge in [0, 0.05) is 43.2 Å². The second-order valence-electron chi connectivity index (χ2n) is 8.14. The van der Waals surface area contributed by atoms with Gasteiger partial charge in [0.25, 0.3) is 5.91 Å². The summed E-state index contributed by atoms with van der Waals surface area (Å²) in [5.74, 6) is 0.807. The van der Waals surface area contributed by atoms with Crippen molar-refractivity contribution in [2.45, 2.75) is 30.6 Å². The fourth-order valence-corrected chi connectivity index (χ4v) is 5.09. The normalized spacial score (nSPS) is 16.8. The van der Waals surface area contributed by atoms with Crippen LogP contribution in [0.3, 0.4) is 0 Å². The summed E-state index contributed by atoms with van der Waals surface area (Å²) in [5, 5.41) is 2.85. The molecule has 2 aromatic rings. The highest BCUT2D eigenvalue weighted by molar-refractivity contribution is 8.00. The van der Waals surface area contributed by atoms with Gasteiger partial charge in [-0.2, -0.15) is 0 Å². The Balaban J connectivity index is 1.32. The van der Waals surface area contributed by atoms with E-state index in [1.165, 1.54) is 11.8 Å². The van der Waals surface area contributed by atoms with Crippen LogP contribution in [0.2, 0.25) is 0 Å². The van der Waals surface area contributed by atoms with Gasteiger partial charge in [-0.15, -0.1) is 11.8 Å². The van der Waals surface area contributed by atoms with Crippen molar-refractivity contribution in [2.24, 2.45) is 5.92 Å². The van der Waals surface area contributed by atoms with Gasteiger partial charge in [-0.3, -0.25) is 14.4 Å². The van der Waals surface area contributed by atoms with E-state index in [2.05, 4.69) is 10.3 Å². The van der Waals surface area contributed by atoms with Gasteiger partial charge in [-0.25, -0.2) is 4.98 Å². The Labute approximate surface area is 192 Å². The predicted octanol–water partition coefficient (Wildman–Crippen LogP) is 3.29. The first-order chi connectivity index (χ1) is 15.6. The zero-order valence-electron chi connectivity index (χ0n) is 18.0. The second-order valence-corrected chi connectivity index (χ2v) is 9.16. The Bertz CT molecular complexity index is 955. The molecule has 168 valence electrons. The van der Waals surface area contributed by atoms with E-state index < -0.39 is 0 Å². The molecule has 0 saturated carbocycles. The molecular formula is C24H28N4O3S. The van der Waals surface area contributed by atoms with Crippen molar-refractivity contribution >= 4 is 35.3 Å². The van der Waals surface area contributed by atoms with Crippen LogP contribution in [-0.2, 0) is 9.59 Å². The topological polar surface area (TPSA) is 82.6 Å². The van der Waals surface area contributed by atoms with Gasteiger partial charge in [0.1, 0.15) is 5.82 Å². The van der Waals surface area contributed by atoms with E-state index in [1.54, 1.807) is 18.3 Å². The monoisotopic (exact) mass is 452 g/mol. The molecule has 8 heteroatoms. The first-order valence-electron chi connectivity index (χ1n) is 11.1. The minimum Gasteiger partial charge on any atom is -0.342 e. The summed E-state index contributed by atoms with van der Waals surface area (Å²) in [6.45, 7) is 2.74. The number of pyridine rings is 1. The number of benzene rings is 1. The van der Waals surface area contributed by atoms with Gasteiger partial charge >= 0.3 is 0 Å². The number of carbonyl (C=O) groups excluding carboxylic acids is 3. The van der Waals surface area contributed by atoms with E-state index in [9.17, 15) is 14.4 Å². The van der Waals surface area contributed by atoms with Gasteiger partial charge < -0.3 is 15.1 Å². The number of hydrogen-bond donors (Lipinski definition) is 1. The molecule has 2 saturated heterocycles. The van der Waals surface area contributed by atoms with Crippen molar-refractivity contribution in [3.05, 3.63) is 54.2 Å². The lowest BCUT2D eigenvalue weighted by molar-refractivity contribution is -0.127. The third kappa shape index (κ3) is 5.48. The lowest BCUT2D eigenvalue weighted by Gasteiger charge is -2.31. The number of carbonyl (C=O) groups is 3. The van der Waals surface area contributed by atoms with Crippen LogP contribution < -0.4 is 5.32 Å². The van der Waals surface area contributed by atoms with Gasteiger partial charge in [0.2, 0.25) is 11.8 Å². The Hall–Kier alpha value is -2.87. The Kier molecular flexibility index (Phi) is 7.42. The number of hydrogen-bond acceptors (Lipinski definition) is 5. The van der Waals surface area contributed by atoms with E-state index in [-0.39, 0.29) is 23.6 Å². The van der Waals surface area contributed by atoms with Crippen molar-refractivity contribution in [1.29, 1.82) is 0 Å². The van der Waals surface area contributed by atoms with E-state index >= 15 is 0 Å². The SMILES string of the molecule is O=C(Nc1ccccn1)C1CCN(C(=O)c2ccccc2SCC(=O)N2CCCC2)CC1. The van der Waals surface area contributed by atoms with E-state index in [4.69, 9.17) is 0 Å². The highest BCUT2D eigenvalue weighted by atomic mass is 32.2. The maximum Gasteiger partial charge on any atom is 0.254 e. The summed E-state index contributed by atoms with van der Waals surface area (Å²) < 4.78 is 0. The molecule has 0 spiro atoms. The highest BCUT2D eigenvalue weighted by Gasteiger charge is 2.29. The maximum absolute atomic E-state index is 13.2. The largest absolute Gasteiger partial charge is 0.342 e. The number of rotatable bonds is 6. The van der Waals surface area contributed by atoms with Crippen LogP contribution in [0.1, 0.15) is 36.0 Å². The Morgan fingerprint density at radius 2 is 1.66 bits per heavy atom. The average Bonchev–Trinajstić information content (AvgIpc) is 3.38. The number of thioether (sulfide) groups is 1. The quantitative estimate of drug-likeness (QED) is 0.680. The third-order valence-electron chi connectivity index (χ3n) is 6.00. The van der Waals surface area contributed by atoms with E-state index in [0.29, 0.717) is 43.1 Å². The number of piperidine rings is 1. The molecule has 2 aliphatic rings. The van der Waals surface area contributed by atoms with Gasteiger partial charge in [0.05, 0.1) is 11.3 Å². The number of aromatic nitrogens is 1. The summed E-state index contributed by atoms with van der Waals surface area (Å²) >= 11 is 1.43. The number of nitrogens with one attached hydrogen (secondary N) is 1. The molecule has 2 fully saturated rings. The fourth-order valence-electron chi connectivity index (χ4n) is 4.15. The minimum atomic E-state index is -0.135. The molecule has 0 aliphatic carbocycles. The van der Waals surface area contributed by atoms with Crippen molar-refractivity contribution in [3.8, 4) is 0 Å². The zero-order valence-corrected chi connectivity index (χ0v) is 18.9. The molecule has 0 radical (unpaired) electrons. The van der Waals surface area contributed by atoms with Crippen LogP contribution >= 0.6 is 11.8 Å². The van der Waals surface area contributed by atoms with Crippen molar-refractivity contribution in [3.63, 3.8) is 0 Å². The van der Waals surface area contributed by atoms with Crippen LogP contribution in [0.4, 0.5) is 5.82 Å². The number of amides is 3. The highest BCUT2D eigenvalue weighted by Crippen LogP contribution is 2.27. The van der Waals surface area contributed by atoms with Crippen LogP contribution in [0.5, 0.6) is 0 Å². The number of anilines is 1. The number of nitrogens with zero attached hydrogens (tertiary/aromatic N) is 3. The first kappa shape index (κ1) is 22.3. The molecule has 4 rings (SSSR count). The molecule has 7 nitrogen and oxygen atoms in total. The fraction of sp³-hybridized carbons (Fsp3) is 0.417. The smallest absolute Gasteiger partial charge is 0.254 e. The zero-order chi connectivity index (χ0) is 22.3. The van der Waals surface area contributed by atoms with Gasteiger partial charge in [-0.1, -0.05) is 18.2 Å². The summed E-state index contributed by atoms with van der Waals surface area (Å²) in [4.78, 5) is 46.8. The molecule has 2 aliphatic heterocycles. The Morgan fingerprint density at radius 1 is 0.938 bits per heavy atom. The van der Waals surface area contributed by atoms with Crippen LogP contribution in [0, 0.1) is 5.92 Å². The average molecular weight is 453 g/mol. The molecular weight excluding hydrogens is 424 g/mol. The predicted molar refractivity (Wildman–Crippen MR) is 124 cm³/mol. The minimum absolute atomic E-state index is 0.0368. The van der Waals surface area contributed by atoms with Crippen LogP contribution in [0.15, 0.2) is 53.6 Å². The van der Waals surface area contributed by atoms with E-state index in [1.807, 2.05) is 40.1 Å². The molecule has 3 heterocycles. The first-order valence-corrected chi connectivity index (χ1v) is 12.1. The van der Waals surface area contributed by atoms with E-state index in [0.717, 1.165) is 30.8 Å². The molecule has 32 heavy (non-hydrogen) atoms. The molecule has 1 aromatic carbocycles. The summed E-state index contributed by atoms with van der Waals surface area (Å²) in [6, 6.07) is 12.9. The molecule has 0 atom stereocenters. The molecule has 0 unspecified atom stereocenters. The van der Waals surface area contributed by atoms with Crippen molar-refractivity contribution in [2.75, 3.05) is 37.2 Å². The van der Waals surface area contributed by atoms with Crippen LogP contribution in [0.25, 0.3) is 0 Å². The Morgan fingerprint density at radius 3 is 2.38 bits per heavy atom. The number of likely N-dealkylation sites (tertiary alicyclic amines) is 2. The second kappa shape index (κ2) is 10.6. The summed E-state index contributed by atoms with van der Waals surface area (Å²) in [6.07, 6.45) is 5.02. The van der Waals surface area contributed by atoms with Crippen molar-refractivity contribution < 1.29 is 14.4 Å².